The van der Waals surface area contributed by atoms with Crippen LogP contribution in [0.1, 0.15) is 21.5 Å². The Balaban J connectivity index is 1.84. The van der Waals surface area contributed by atoms with Crippen molar-refractivity contribution >= 4 is 45.8 Å². The molecule has 0 aromatic heterocycles. The van der Waals surface area contributed by atoms with Gasteiger partial charge in [-0.05, 0) is 60.9 Å². The molecule has 3 aromatic rings. The van der Waals surface area contributed by atoms with Crippen molar-refractivity contribution in [1.29, 1.82) is 0 Å². The fraction of sp³-hybridized carbons (Fsp3) is 0.174. The third kappa shape index (κ3) is 5.68. The molecule has 5 nitrogen and oxygen atoms in total. The molecule has 0 heterocycles. The molecular weight excluding hydrogens is 452 g/mol. The van der Waals surface area contributed by atoms with E-state index in [-0.39, 0.29) is 21.5 Å². The molecule has 0 aliphatic heterocycles. The minimum absolute atomic E-state index is 0.0173. The Kier molecular flexibility index (Phi) is 7.43. The zero-order valence-electron chi connectivity index (χ0n) is 17.2. The monoisotopic (exact) mass is 474 g/mol. The Morgan fingerprint density at radius 1 is 1.06 bits per heavy atom. The minimum Gasteiger partial charge on any atom is -0.321 e. The topological polar surface area (TPSA) is 66.5 Å². The van der Waals surface area contributed by atoms with Gasteiger partial charge in [-0.1, -0.05) is 41.9 Å². The van der Waals surface area contributed by atoms with E-state index in [2.05, 4.69) is 17.9 Å². The summed E-state index contributed by atoms with van der Waals surface area (Å²) in [5, 5.41) is 2.70. The number of anilines is 1. The number of hydrogen-bond acceptors (Lipinski definition) is 4. The van der Waals surface area contributed by atoms with Crippen LogP contribution in [0.15, 0.2) is 76.5 Å². The van der Waals surface area contributed by atoms with Crippen LogP contribution in [0.5, 0.6) is 0 Å². The Morgan fingerprint density at radius 3 is 2.35 bits per heavy atom. The zero-order chi connectivity index (χ0) is 22.6. The first-order valence-electron chi connectivity index (χ1n) is 9.59. The fourth-order valence-electron chi connectivity index (χ4n) is 3.04. The fourth-order valence-corrected chi connectivity index (χ4v) is 4.98. The van der Waals surface area contributed by atoms with E-state index in [4.69, 9.17) is 11.6 Å². The van der Waals surface area contributed by atoms with Gasteiger partial charge in [0.2, 0.25) is 10.0 Å². The molecule has 0 saturated heterocycles. The zero-order valence-corrected chi connectivity index (χ0v) is 19.6. The van der Waals surface area contributed by atoms with E-state index in [1.54, 1.807) is 37.3 Å². The predicted octanol–water partition coefficient (Wildman–Crippen LogP) is 5.05. The number of halogens is 1. The third-order valence-electron chi connectivity index (χ3n) is 4.81. The number of benzene rings is 3. The van der Waals surface area contributed by atoms with Crippen molar-refractivity contribution in [3.8, 4) is 0 Å². The Labute approximate surface area is 193 Å². The van der Waals surface area contributed by atoms with Crippen LogP contribution >= 0.6 is 24.2 Å². The maximum atomic E-state index is 13.2. The molecule has 0 radical (unpaired) electrons. The van der Waals surface area contributed by atoms with Gasteiger partial charge in [-0.15, -0.1) is 12.6 Å². The summed E-state index contributed by atoms with van der Waals surface area (Å²) in [6, 6.07) is 19.5. The molecule has 0 aliphatic rings. The standard InChI is InChI=1S/C23H23ClN2O3S2/c1-16-14-20(25-23(27)18-8-10-19(30)11-9-18)22(24)21(15-16)31(28,29)26(2)13-12-17-6-4-3-5-7-17/h3-11,14-15,30H,12-13H2,1-2H3,(H,25,27). The number of carbonyl (C=O) groups is 1. The van der Waals surface area contributed by atoms with Gasteiger partial charge < -0.3 is 5.32 Å². The van der Waals surface area contributed by atoms with Crippen LogP contribution in [0.25, 0.3) is 0 Å². The van der Waals surface area contributed by atoms with Crippen molar-refractivity contribution in [2.24, 2.45) is 0 Å². The molecule has 0 fully saturated rings. The number of amides is 1. The average Bonchev–Trinajstić information content (AvgIpc) is 2.75. The summed E-state index contributed by atoms with van der Waals surface area (Å²) < 4.78 is 27.7. The molecule has 0 spiro atoms. The number of nitrogens with zero attached hydrogens (tertiary/aromatic N) is 1. The number of carbonyl (C=O) groups excluding carboxylic acids is 1. The lowest BCUT2D eigenvalue weighted by Gasteiger charge is -2.20. The van der Waals surface area contributed by atoms with E-state index in [0.29, 0.717) is 24.1 Å². The summed E-state index contributed by atoms with van der Waals surface area (Å²) in [7, 11) is -2.33. The van der Waals surface area contributed by atoms with Crippen molar-refractivity contribution in [3.63, 3.8) is 0 Å². The van der Waals surface area contributed by atoms with Crippen LogP contribution in [-0.2, 0) is 16.4 Å². The lowest BCUT2D eigenvalue weighted by Crippen LogP contribution is -2.29. The Hall–Kier alpha value is -2.32. The van der Waals surface area contributed by atoms with E-state index < -0.39 is 10.0 Å². The maximum Gasteiger partial charge on any atom is 0.255 e. The molecule has 1 amide bonds. The molecule has 0 bridgehead atoms. The highest BCUT2D eigenvalue weighted by atomic mass is 35.5. The van der Waals surface area contributed by atoms with Gasteiger partial charge in [0.1, 0.15) is 4.90 Å². The van der Waals surface area contributed by atoms with Crippen LogP contribution < -0.4 is 5.32 Å². The van der Waals surface area contributed by atoms with Crippen LogP contribution in [-0.4, -0.2) is 32.2 Å². The SMILES string of the molecule is Cc1cc(NC(=O)c2ccc(S)cc2)c(Cl)c(S(=O)(=O)N(C)CCc2ccccc2)c1. The molecule has 0 saturated carbocycles. The van der Waals surface area contributed by atoms with Gasteiger partial charge in [0.15, 0.2) is 0 Å². The van der Waals surface area contributed by atoms with E-state index in [1.807, 2.05) is 30.3 Å². The summed E-state index contributed by atoms with van der Waals surface area (Å²) >= 11 is 10.7. The summed E-state index contributed by atoms with van der Waals surface area (Å²) in [5.74, 6) is -0.387. The second-order valence-corrected chi connectivity index (χ2v) is 10.1. The number of rotatable bonds is 7. The number of thiol groups is 1. The molecule has 162 valence electrons. The van der Waals surface area contributed by atoms with Gasteiger partial charge in [0.25, 0.3) is 5.91 Å². The van der Waals surface area contributed by atoms with Crippen molar-refractivity contribution in [2.45, 2.75) is 23.1 Å². The molecule has 8 heteroatoms. The van der Waals surface area contributed by atoms with Crippen molar-refractivity contribution in [3.05, 3.63) is 88.4 Å². The highest BCUT2D eigenvalue weighted by Gasteiger charge is 2.26. The van der Waals surface area contributed by atoms with Gasteiger partial charge in [-0.3, -0.25) is 4.79 Å². The van der Waals surface area contributed by atoms with Gasteiger partial charge >= 0.3 is 0 Å². The van der Waals surface area contributed by atoms with Crippen molar-refractivity contribution < 1.29 is 13.2 Å². The third-order valence-corrected chi connectivity index (χ3v) is 7.51. The van der Waals surface area contributed by atoms with Gasteiger partial charge in [-0.25, -0.2) is 12.7 Å². The van der Waals surface area contributed by atoms with E-state index >= 15 is 0 Å². The van der Waals surface area contributed by atoms with Crippen LogP contribution in [0.2, 0.25) is 5.02 Å². The maximum absolute atomic E-state index is 13.2. The number of nitrogens with one attached hydrogen (secondary N) is 1. The van der Waals surface area contributed by atoms with Gasteiger partial charge in [0.05, 0.1) is 10.7 Å². The van der Waals surface area contributed by atoms with E-state index in [9.17, 15) is 13.2 Å². The smallest absolute Gasteiger partial charge is 0.255 e. The highest BCUT2D eigenvalue weighted by Crippen LogP contribution is 2.33. The van der Waals surface area contributed by atoms with Crippen LogP contribution in [0.3, 0.4) is 0 Å². The molecule has 3 aromatic carbocycles. The molecule has 3 rings (SSSR count). The summed E-state index contributed by atoms with van der Waals surface area (Å²) in [5.41, 5.74) is 2.37. The second-order valence-electron chi connectivity index (χ2n) is 7.19. The molecule has 1 N–H and O–H groups in total. The number of hydrogen-bond donors (Lipinski definition) is 2. The first kappa shape index (κ1) is 23.3. The lowest BCUT2D eigenvalue weighted by atomic mass is 10.2. The van der Waals surface area contributed by atoms with Gasteiger partial charge in [-0.2, -0.15) is 0 Å². The largest absolute Gasteiger partial charge is 0.321 e. The number of aryl methyl sites for hydroxylation is 1. The molecule has 31 heavy (non-hydrogen) atoms. The molecule has 0 unspecified atom stereocenters. The number of sulfonamides is 1. The Bertz CT molecular complexity index is 1180. The summed E-state index contributed by atoms with van der Waals surface area (Å²) in [6.07, 6.45) is 0.574. The molecule has 0 aliphatic carbocycles. The quantitative estimate of drug-likeness (QED) is 0.471. The molecule has 0 atom stereocenters. The van der Waals surface area contributed by atoms with E-state index in [1.165, 1.54) is 17.4 Å². The normalized spacial score (nSPS) is 11.5. The summed E-state index contributed by atoms with van der Waals surface area (Å²) in [6.45, 7) is 2.05. The average molecular weight is 475 g/mol. The highest BCUT2D eigenvalue weighted by molar-refractivity contribution is 7.89. The van der Waals surface area contributed by atoms with E-state index in [0.717, 1.165) is 10.5 Å². The van der Waals surface area contributed by atoms with Crippen molar-refractivity contribution in [2.75, 3.05) is 18.9 Å². The first-order valence-corrected chi connectivity index (χ1v) is 11.9. The predicted molar refractivity (Wildman–Crippen MR) is 128 cm³/mol. The van der Waals surface area contributed by atoms with Crippen molar-refractivity contribution in [1.82, 2.24) is 4.31 Å². The van der Waals surface area contributed by atoms with Gasteiger partial charge in [0, 0.05) is 24.1 Å². The Morgan fingerprint density at radius 2 is 1.71 bits per heavy atom. The van der Waals surface area contributed by atoms with Crippen LogP contribution in [0, 0.1) is 6.92 Å². The molecular formula is C23H23ClN2O3S2. The second kappa shape index (κ2) is 9.87. The summed E-state index contributed by atoms with van der Waals surface area (Å²) in [4.78, 5) is 13.3. The van der Waals surface area contributed by atoms with Crippen LogP contribution in [0.4, 0.5) is 5.69 Å². The lowest BCUT2D eigenvalue weighted by molar-refractivity contribution is 0.102. The minimum atomic E-state index is -3.85. The first-order chi connectivity index (χ1) is 14.7. The number of likely N-dealkylation sites (N-methyl/N-ethyl adjacent to an activating group) is 1.